The zero-order chi connectivity index (χ0) is 9.10. The first-order valence-electron chi connectivity index (χ1n) is 5.31. The van der Waals surface area contributed by atoms with Crippen molar-refractivity contribution in [2.24, 2.45) is 7.05 Å². The Labute approximate surface area is 80.4 Å². The summed E-state index contributed by atoms with van der Waals surface area (Å²) in [6, 6.07) is 4.55. The van der Waals surface area contributed by atoms with Gasteiger partial charge in [-0.15, -0.1) is 0 Å². The molecule has 1 aromatic rings. The molecule has 1 aliphatic carbocycles. The van der Waals surface area contributed by atoms with Gasteiger partial charge >= 0.3 is 0 Å². The fraction of sp³-hybridized carbons (Fsp3) is 0.583. The van der Waals surface area contributed by atoms with Crippen LogP contribution in [0.25, 0.3) is 0 Å². The quantitative estimate of drug-likeness (QED) is 0.579. The van der Waals surface area contributed by atoms with Crippen molar-refractivity contribution in [2.75, 3.05) is 0 Å². The number of rotatable bonds is 1. The lowest BCUT2D eigenvalue weighted by Crippen LogP contribution is -2.26. The minimum absolute atomic E-state index is 0.843. The van der Waals surface area contributed by atoms with E-state index < -0.39 is 0 Å². The fourth-order valence-corrected chi connectivity index (χ4v) is 2.22. The summed E-state index contributed by atoms with van der Waals surface area (Å²) in [5.41, 5.74) is 1.54. The normalized spacial score (nSPS) is 18.8. The predicted octanol–water partition coefficient (Wildman–Crippen LogP) is 2.56. The lowest BCUT2D eigenvalue weighted by molar-refractivity contribution is -0.671. The van der Waals surface area contributed by atoms with E-state index in [1.165, 1.54) is 37.7 Å². The average Bonchev–Trinajstić information content (AvgIpc) is 2.20. The molecule has 1 nitrogen and oxygen atoms in total. The van der Waals surface area contributed by atoms with Gasteiger partial charge in [0.1, 0.15) is 7.05 Å². The fourth-order valence-electron chi connectivity index (χ4n) is 2.22. The number of aryl methyl sites for hydroxylation is 1. The lowest BCUT2D eigenvalue weighted by Gasteiger charge is -2.21. The van der Waals surface area contributed by atoms with Crippen LogP contribution in [-0.2, 0) is 7.05 Å². The standard InChI is InChI=1S/C12H18N/c1-13-9-7-12(8-10-13)11-5-3-2-4-6-11/h7-11H,2-6H2,1H3/q+1. The third-order valence-electron chi connectivity index (χ3n) is 3.08. The van der Waals surface area contributed by atoms with Crippen molar-refractivity contribution >= 4 is 0 Å². The highest BCUT2D eigenvalue weighted by Crippen LogP contribution is 2.31. The second kappa shape index (κ2) is 3.91. The smallest absolute Gasteiger partial charge is 0.168 e. The van der Waals surface area contributed by atoms with Crippen molar-refractivity contribution in [3.05, 3.63) is 30.1 Å². The van der Waals surface area contributed by atoms with Crippen molar-refractivity contribution in [1.29, 1.82) is 0 Å². The molecule has 2 rings (SSSR count). The van der Waals surface area contributed by atoms with Crippen molar-refractivity contribution in [2.45, 2.75) is 38.0 Å². The summed E-state index contributed by atoms with van der Waals surface area (Å²) >= 11 is 0. The van der Waals surface area contributed by atoms with Crippen molar-refractivity contribution < 1.29 is 4.57 Å². The molecule has 1 aromatic heterocycles. The molecule has 13 heavy (non-hydrogen) atoms. The van der Waals surface area contributed by atoms with Crippen LogP contribution in [0, 0.1) is 0 Å². The molecule has 0 saturated heterocycles. The topological polar surface area (TPSA) is 3.88 Å². The van der Waals surface area contributed by atoms with E-state index in [-0.39, 0.29) is 0 Å². The van der Waals surface area contributed by atoms with Gasteiger partial charge in [-0.3, -0.25) is 0 Å². The van der Waals surface area contributed by atoms with Crippen LogP contribution in [0.2, 0.25) is 0 Å². The van der Waals surface area contributed by atoms with Crippen LogP contribution in [0.5, 0.6) is 0 Å². The summed E-state index contributed by atoms with van der Waals surface area (Å²) in [5, 5.41) is 0. The summed E-state index contributed by atoms with van der Waals surface area (Å²) in [4.78, 5) is 0. The molecule has 1 heteroatoms. The molecule has 0 spiro atoms. The van der Waals surface area contributed by atoms with E-state index in [4.69, 9.17) is 0 Å². The van der Waals surface area contributed by atoms with E-state index in [1.54, 1.807) is 0 Å². The number of nitrogens with zero attached hydrogens (tertiary/aromatic N) is 1. The monoisotopic (exact) mass is 176 g/mol. The Balaban J connectivity index is 2.10. The van der Waals surface area contributed by atoms with Crippen LogP contribution in [0.1, 0.15) is 43.6 Å². The molecule has 1 saturated carbocycles. The third-order valence-corrected chi connectivity index (χ3v) is 3.08. The zero-order valence-corrected chi connectivity index (χ0v) is 8.37. The maximum Gasteiger partial charge on any atom is 0.168 e. The molecular formula is C12H18N+. The molecule has 1 heterocycles. The van der Waals surface area contributed by atoms with Gasteiger partial charge in [0.05, 0.1) is 0 Å². The Morgan fingerprint density at radius 2 is 1.69 bits per heavy atom. The van der Waals surface area contributed by atoms with Gasteiger partial charge in [0.15, 0.2) is 12.4 Å². The number of hydrogen-bond acceptors (Lipinski definition) is 0. The predicted molar refractivity (Wildman–Crippen MR) is 53.4 cm³/mol. The Morgan fingerprint density at radius 3 is 2.31 bits per heavy atom. The minimum Gasteiger partial charge on any atom is -0.208 e. The van der Waals surface area contributed by atoms with Gasteiger partial charge in [0.25, 0.3) is 0 Å². The molecule has 1 fully saturated rings. The Kier molecular flexibility index (Phi) is 2.62. The van der Waals surface area contributed by atoms with Crippen molar-refractivity contribution in [1.82, 2.24) is 0 Å². The van der Waals surface area contributed by atoms with Gasteiger partial charge in [-0.2, -0.15) is 0 Å². The minimum atomic E-state index is 0.843. The van der Waals surface area contributed by atoms with Gasteiger partial charge in [0.2, 0.25) is 0 Å². The van der Waals surface area contributed by atoms with Crippen LogP contribution < -0.4 is 4.57 Å². The third kappa shape index (κ3) is 2.09. The first-order valence-corrected chi connectivity index (χ1v) is 5.31. The summed E-state index contributed by atoms with van der Waals surface area (Å²) in [7, 11) is 2.07. The van der Waals surface area contributed by atoms with Crippen LogP contribution >= 0.6 is 0 Å². The molecule has 0 amide bonds. The van der Waals surface area contributed by atoms with E-state index in [1.807, 2.05) is 0 Å². The lowest BCUT2D eigenvalue weighted by atomic mass is 9.84. The highest BCUT2D eigenvalue weighted by Gasteiger charge is 2.15. The molecule has 0 unspecified atom stereocenters. The number of pyridine rings is 1. The van der Waals surface area contributed by atoms with Gasteiger partial charge in [0, 0.05) is 12.1 Å². The van der Waals surface area contributed by atoms with E-state index in [0.29, 0.717) is 0 Å². The molecule has 0 aromatic carbocycles. The van der Waals surface area contributed by atoms with Crippen LogP contribution in [0.15, 0.2) is 24.5 Å². The molecule has 0 bridgehead atoms. The Morgan fingerprint density at radius 1 is 1.08 bits per heavy atom. The first-order chi connectivity index (χ1) is 6.36. The molecule has 1 aliphatic rings. The second-order valence-corrected chi connectivity index (χ2v) is 4.13. The summed E-state index contributed by atoms with van der Waals surface area (Å²) in [6.45, 7) is 0. The average molecular weight is 176 g/mol. The maximum atomic E-state index is 2.27. The molecule has 70 valence electrons. The van der Waals surface area contributed by atoms with Gasteiger partial charge < -0.3 is 0 Å². The molecule has 0 radical (unpaired) electrons. The van der Waals surface area contributed by atoms with Gasteiger partial charge in [-0.1, -0.05) is 19.3 Å². The largest absolute Gasteiger partial charge is 0.208 e. The summed E-state index contributed by atoms with van der Waals surface area (Å²) in [6.07, 6.45) is 11.4. The number of hydrogen-bond donors (Lipinski definition) is 0. The van der Waals surface area contributed by atoms with Crippen LogP contribution in [0.4, 0.5) is 0 Å². The first kappa shape index (κ1) is 8.74. The van der Waals surface area contributed by atoms with E-state index in [0.717, 1.165) is 5.92 Å². The summed E-state index contributed by atoms with van der Waals surface area (Å²) in [5.74, 6) is 0.843. The molecule has 0 atom stereocenters. The van der Waals surface area contributed by atoms with E-state index >= 15 is 0 Å². The van der Waals surface area contributed by atoms with Gasteiger partial charge in [-0.25, -0.2) is 4.57 Å². The molecular weight excluding hydrogens is 158 g/mol. The van der Waals surface area contributed by atoms with Crippen LogP contribution in [0.3, 0.4) is 0 Å². The van der Waals surface area contributed by atoms with Gasteiger partial charge in [-0.05, 0) is 24.3 Å². The van der Waals surface area contributed by atoms with Crippen molar-refractivity contribution in [3.63, 3.8) is 0 Å². The highest BCUT2D eigenvalue weighted by molar-refractivity contribution is 5.14. The Bertz CT molecular complexity index is 257. The maximum absolute atomic E-state index is 2.27. The molecule has 0 N–H and O–H groups in total. The molecule has 0 aliphatic heterocycles. The van der Waals surface area contributed by atoms with Crippen LogP contribution in [-0.4, -0.2) is 0 Å². The van der Waals surface area contributed by atoms with Crippen molar-refractivity contribution in [3.8, 4) is 0 Å². The number of aromatic nitrogens is 1. The SMILES string of the molecule is C[n+]1ccc(C2CCCCC2)cc1. The Hall–Kier alpha value is -0.850. The van der Waals surface area contributed by atoms with E-state index in [2.05, 4.69) is 36.1 Å². The van der Waals surface area contributed by atoms with E-state index in [9.17, 15) is 0 Å². The highest BCUT2D eigenvalue weighted by atomic mass is 14.9. The zero-order valence-electron chi connectivity index (χ0n) is 8.37. The second-order valence-electron chi connectivity index (χ2n) is 4.13. The summed E-state index contributed by atoms with van der Waals surface area (Å²) < 4.78 is 2.10.